The molecule has 1 aromatic carbocycles. The Balaban J connectivity index is 1.74. The molecule has 1 heterocycles. The summed E-state index contributed by atoms with van der Waals surface area (Å²) in [6.45, 7) is 1.68. The number of carbonyl (C=O) groups is 3. The van der Waals surface area contributed by atoms with Gasteiger partial charge < -0.3 is 10.2 Å². The van der Waals surface area contributed by atoms with Crippen LogP contribution in [0.1, 0.15) is 50.6 Å². The molecule has 0 atom stereocenters. The fraction of sp³-hybridized carbons (Fsp3) is 0.222. The standard InChI is InChI=1S/C18H18FN5O4/c1-9-14-12(21-24-18(20)27)3-2-4-13(14)28-15(9)17(26)23-22-16(25)10-5-7-11(19)8-6-10/h5-8H,2-4H2,1H3,(H,22,25)(H,23,26)(H3,20,24,27)/b21-12+. The van der Waals surface area contributed by atoms with Crippen LogP contribution >= 0.6 is 0 Å². The highest BCUT2D eigenvalue weighted by atomic mass is 19.1. The van der Waals surface area contributed by atoms with Crippen molar-refractivity contribution < 1.29 is 23.2 Å². The number of primary amides is 1. The summed E-state index contributed by atoms with van der Waals surface area (Å²) in [6.07, 6.45) is 1.94. The molecule has 1 aromatic heterocycles. The molecule has 0 radical (unpaired) electrons. The van der Waals surface area contributed by atoms with E-state index in [9.17, 15) is 18.8 Å². The Bertz CT molecular complexity index is 965. The van der Waals surface area contributed by atoms with Crippen molar-refractivity contribution in [1.29, 1.82) is 0 Å². The average molecular weight is 387 g/mol. The molecule has 9 nitrogen and oxygen atoms in total. The highest BCUT2D eigenvalue weighted by Gasteiger charge is 2.28. The van der Waals surface area contributed by atoms with E-state index in [1.807, 2.05) is 0 Å². The number of fused-ring (bicyclic) bond motifs is 1. The van der Waals surface area contributed by atoms with Crippen LogP contribution in [0.2, 0.25) is 0 Å². The van der Waals surface area contributed by atoms with Crippen LogP contribution in [0.5, 0.6) is 0 Å². The molecule has 28 heavy (non-hydrogen) atoms. The molecule has 146 valence electrons. The molecule has 10 heteroatoms. The summed E-state index contributed by atoms with van der Waals surface area (Å²) < 4.78 is 18.6. The molecule has 0 fully saturated rings. The second-order valence-electron chi connectivity index (χ2n) is 6.16. The third-order valence-corrected chi connectivity index (χ3v) is 4.23. The zero-order chi connectivity index (χ0) is 20.3. The van der Waals surface area contributed by atoms with Crippen molar-refractivity contribution in [3.63, 3.8) is 0 Å². The SMILES string of the molecule is Cc1c(C(=O)NNC(=O)c2ccc(F)cc2)oc2c1/C(=N/NC(N)=O)CCC2. The predicted octanol–water partition coefficient (Wildman–Crippen LogP) is 1.51. The Morgan fingerprint density at radius 2 is 1.79 bits per heavy atom. The topological polar surface area (TPSA) is 139 Å². The van der Waals surface area contributed by atoms with Crippen molar-refractivity contribution in [2.24, 2.45) is 10.8 Å². The first kappa shape index (κ1) is 19.1. The summed E-state index contributed by atoms with van der Waals surface area (Å²) >= 11 is 0. The van der Waals surface area contributed by atoms with E-state index in [-0.39, 0.29) is 11.3 Å². The van der Waals surface area contributed by atoms with Crippen molar-refractivity contribution in [1.82, 2.24) is 16.3 Å². The maximum atomic E-state index is 12.9. The maximum Gasteiger partial charge on any atom is 0.332 e. The van der Waals surface area contributed by atoms with E-state index in [1.165, 1.54) is 12.1 Å². The first-order valence-electron chi connectivity index (χ1n) is 8.47. The molecule has 2 aromatic rings. The van der Waals surface area contributed by atoms with Crippen LogP contribution in [0.15, 0.2) is 33.8 Å². The molecule has 0 saturated carbocycles. The molecule has 0 aliphatic heterocycles. The molecule has 1 aliphatic carbocycles. The zero-order valence-corrected chi connectivity index (χ0v) is 15.0. The number of hydrogen-bond donors (Lipinski definition) is 4. The lowest BCUT2D eigenvalue weighted by Gasteiger charge is -2.13. The summed E-state index contributed by atoms with van der Waals surface area (Å²) in [4.78, 5) is 35.4. The van der Waals surface area contributed by atoms with E-state index in [0.717, 1.165) is 18.6 Å². The molecule has 1 aliphatic rings. The van der Waals surface area contributed by atoms with Crippen LogP contribution in [0.3, 0.4) is 0 Å². The highest BCUT2D eigenvalue weighted by molar-refractivity contribution is 6.07. The molecular weight excluding hydrogens is 369 g/mol. The summed E-state index contributed by atoms with van der Waals surface area (Å²) in [5.74, 6) is -1.12. The Kier molecular flexibility index (Phi) is 5.39. The van der Waals surface area contributed by atoms with Crippen LogP contribution in [-0.4, -0.2) is 23.6 Å². The number of hydrazine groups is 1. The van der Waals surface area contributed by atoms with E-state index >= 15 is 0 Å². The first-order chi connectivity index (χ1) is 13.4. The number of benzene rings is 1. The van der Waals surface area contributed by atoms with Gasteiger partial charge in [-0.05, 0) is 44.0 Å². The van der Waals surface area contributed by atoms with E-state index in [1.54, 1.807) is 6.92 Å². The molecule has 0 spiro atoms. The number of rotatable bonds is 3. The van der Waals surface area contributed by atoms with Gasteiger partial charge in [-0.3, -0.25) is 20.4 Å². The van der Waals surface area contributed by atoms with Gasteiger partial charge in [0.25, 0.3) is 5.91 Å². The van der Waals surface area contributed by atoms with Gasteiger partial charge in [0.05, 0.1) is 5.71 Å². The maximum absolute atomic E-state index is 12.9. The van der Waals surface area contributed by atoms with Crippen LogP contribution < -0.4 is 22.0 Å². The number of nitrogens with zero attached hydrogens (tertiary/aromatic N) is 1. The minimum absolute atomic E-state index is 0.0260. The average Bonchev–Trinajstić information content (AvgIpc) is 3.02. The Morgan fingerprint density at radius 3 is 2.46 bits per heavy atom. The number of aryl methyl sites for hydroxylation is 1. The molecule has 0 saturated heterocycles. The minimum Gasteiger partial charge on any atom is -0.455 e. The number of nitrogens with one attached hydrogen (secondary N) is 3. The van der Waals surface area contributed by atoms with Gasteiger partial charge in [0, 0.05) is 23.1 Å². The lowest BCUT2D eigenvalue weighted by molar-refractivity contribution is 0.0829. The summed E-state index contributed by atoms with van der Waals surface area (Å²) in [5.41, 5.74) is 13.7. The van der Waals surface area contributed by atoms with E-state index in [2.05, 4.69) is 21.4 Å². The van der Waals surface area contributed by atoms with Crippen molar-refractivity contribution in [2.75, 3.05) is 0 Å². The van der Waals surface area contributed by atoms with Crippen LogP contribution in [0.4, 0.5) is 9.18 Å². The van der Waals surface area contributed by atoms with Gasteiger partial charge in [0.1, 0.15) is 11.6 Å². The second-order valence-corrected chi connectivity index (χ2v) is 6.16. The molecular formula is C18H18FN5O4. The van der Waals surface area contributed by atoms with Crippen molar-refractivity contribution in [3.05, 3.63) is 58.3 Å². The van der Waals surface area contributed by atoms with E-state index < -0.39 is 23.7 Å². The first-order valence-corrected chi connectivity index (χ1v) is 8.47. The fourth-order valence-electron chi connectivity index (χ4n) is 2.96. The van der Waals surface area contributed by atoms with Crippen molar-refractivity contribution in [2.45, 2.75) is 26.2 Å². The van der Waals surface area contributed by atoms with E-state index in [4.69, 9.17) is 10.2 Å². The van der Waals surface area contributed by atoms with Gasteiger partial charge in [-0.1, -0.05) is 0 Å². The van der Waals surface area contributed by atoms with Crippen molar-refractivity contribution in [3.8, 4) is 0 Å². The Labute approximate surface area is 159 Å². The number of hydrogen-bond acceptors (Lipinski definition) is 5. The summed E-state index contributed by atoms with van der Waals surface area (Å²) in [5, 5.41) is 3.98. The van der Waals surface area contributed by atoms with Gasteiger partial charge in [-0.25, -0.2) is 14.6 Å². The normalized spacial score (nSPS) is 14.3. The van der Waals surface area contributed by atoms with Gasteiger partial charge in [-0.15, -0.1) is 0 Å². The van der Waals surface area contributed by atoms with Crippen LogP contribution in [0.25, 0.3) is 0 Å². The smallest absolute Gasteiger partial charge is 0.332 e. The zero-order valence-electron chi connectivity index (χ0n) is 15.0. The predicted molar refractivity (Wildman–Crippen MR) is 97.0 cm³/mol. The third kappa shape index (κ3) is 4.00. The van der Waals surface area contributed by atoms with Crippen LogP contribution in [-0.2, 0) is 6.42 Å². The lowest BCUT2D eigenvalue weighted by Crippen LogP contribution is -2.41. The number of nitrogens with two attached hydrogens (primary N) is 1. The molecule has 3 rings (SSSR count). The third-order valence-electron chi connectivity index (χ3n) is 4.23. The van der Waals surface area contributed by atoms with E-state index in [0.29, 0.717) is 35.4 Å². The Morgan fingerprint density at radius 1 is 1.11 bits per heavy atom. The number of carbonyl (C=O) groups excluding carboxylic acids is 3. The molecule has 4 amide bonds. The quantitative estimate of drug-likeness (QED) is 0.593. The summed E-state index contributed by atoms with van der Waals surface area (Å²) in [6, 6.07) is 4.08. The number of hydrazone groups is 1. The number of amides is 4. The fourth-order valence-corrected chi connectivity index (χ4v) is 2.96. The number of urea groups is 1. The monoisotopic (exact) mass is 387 g/mol. The number of halogens is 1. The number of furan rings is 1. The van der Waals surface area contributed by atoms with Gasteiger partial charge in [0.15, 0.2) is 5.76 Å². The summed E-state index contributed by atoms with van der Waals surface area (Å²) in [7, 11) is 0. The van der Waals surface area contributed by atoms with Gasteiger partial charge >= 0.3 is 11.9 Å². The highest BCUT2D eigenvalue weighted by Crippen LogP contribution is 2.29. The molecule has 0 bridgehead atoms. The molecule has 0 unspecified atom stereocenters. The van der Waals surface area contributed by atoms with Gasteiger partial charge in [0.2, 0.25) is 0 Å². The van der Waals surface area contributed by atoms with Crippen LogP contribution in [0, 0.1) is 12.7 Å². The minimum atomic E-state index is -0.790. The molecule has 5 N–H and O–H groups in total. The van der Waals surface area contributed by atoms with Gasteiger partial charge in [-0.2, -0.15) is 5.10 Å². The van der Waals surface area contributed by atoms with Crippen molar-refractivity contribution >= 4 is 23.6 Å². The lowest BCUT2D eigenvalue weighted by atomic mass is 9.93. The Hall–Kier alpha value is -3.69. The largest absolute Gasteiger partial charge is 0.455 e. The second kappa shape index (κ2) is 7.91.